The van der Waals surface area contributed by atoms with Crippen LogP contribution >= 0.6 is 11.3 Å². The number of hydrogen-bond acceptors (Lipinski definition) is 4. The van der Waals surface area contributed by atoms with E-state index in [1.54, 1.807) is 10.4 Å². The minimum atomic E-state index is -3.39. The lowest BCUT2D eigenvalue weighted by Crippen LogP contribution is -2.31. The van der Waals surface area contributed by atoms with Crippen LogP contribution in [0.1, 0.15) is 49.5 Å². The van der Waals surface area contributed by atoms with Crippen molar-refractivity contribution in [3.8, 4) is 0 Å². The predicted octanol–water partition coefficient (Wildman–Crippen LogP) is 3.14. The molecule has 1 fully saturated rings. The van der Waals surface area contributed by atoms with E-state index in [2.05, 4.69) is 6.92 Å². The van der Waals surface area contributed by atoms with E-state index in [9.17, 15) is 13.5 Å². The fraction of sp³-hybridized carbons (Fsp3) is 0.733. The van der Waals surface area contributed by atoms with Crippen molar-refractivity contribution in [3.05, 3.63) is 16.5 Å². The molecule has 1 saturated heterocycles. The zero-order chi connectivity index (χ0) is 15.5. The first-order valence-corrected chi connectivity index (χ1v) is 9.95. The van der Waals surface area contributed by atoms with Crippen LogP contribution in [0, 0.1) is 12.8 Å². The monoisotopic (exact) mass is 331 g/mol. The molecule has 0 aliphatic carbocycles. The van der Waals surface area contributed by atoms with Gasteiger partial charge in [-0.2, -0.15) is 4.31 Å². The van der Waals surface area contributed by atoms with Crippen LogP contribution in [-0.4, -0.2) is 30.9 Å². The molecular formula is C15H25NO3S2. The number of aliphatic hydroxyl groups is 1. The minimum absolute atomic E-state index is 0.0927. The zero-order valence-electron chi connectivity index (χ0n) is 12.8. The van der Waals surface area contributed by atoms with E-state index >= 15 is 0 Å². The predicted molar refractivity (Wildman–Crippen MR) is 86.0 cm³/mol. The van der Waals surface area contributed by atoms with Gasteiger partial charge in [-0.15, -0.1) is 11.3 Å². The summed E-state index contributed by atoms with van der Waals surface area (Å²) in [4.78, 5) is 0.743. The van der Waals surface area contributed by atoms with Gasteiger partial charge < -0.3 is 5.11 Å². The van der Waals surface area contributed by atoms with Gasteiger partial charge in [-0.05, 0) is 43.7 Å². The van der Waals surface area contributed by atoms with E-state index in [4.69, 9.17) is 0 Å². The first kappa shape index (κ1) is 16.9. The van der Waals surface area contributed by atoms with Crippen molar-refractivity contribution in [2.45, 2.75) is 56.8 Å². The topological polar surface area (TPSA) is 57.6 Å². The lowest BCUT2D eigenvalue weighted by atomic mass is 9.96. The molecule has 1 aliphatic heterocycles. The van der Waals surface area contributed by atoms with Gasteiger partial charge in [0.15, 0.2) is 0 Å². The smallest absolute Gasteiger partial charge is 0.252 e. The molecule has 2 rings (SSSR count). The van der Waals surface area contributed by atoms with Crippen molar-refractivity contribution in [1.29, 1.82) is 0 Å². The second kappa shape index (κ2) is 7.22. The summed E-state index contributed by atoms with van der Waals surface area (Å²) in [7, 11) is -3.39. The van der Waals surface area contributed by atoms with E-state index < -0.39 is 10.0 Å². The third-order valence-electron chi connectivity index (χ3n) is 4.24. The highest BCUT2D eigenvalue weighted by atomic mass is 32.2. The molecule has 1 aromatic heterocycles. The van der Waals surface area contributed by atoms with Crippen LogP contribution in [0.3, 0.4) is 0 Å². The molecule has 0 bridgehead atoms. The molecule has 1 aliphatic rings. The summed E-state index contributed by atoms with van der Waals surface area (Å²) in [6.45, 7) is 5.18. The molecule has 2 heterocycles. The van der Waals surface area contributed by atoms with Gasteiger partial charge in [0, 0.05) is 18.0 Å². The van der Waals surface area contributed by atoms with Crippen molar-refractivity contribution in [1.82, 2.24) is 4.31 Å². The quantitative estimate of drug-likeness (QED) is 0.902. The molecule has 1 N–H and O–H groups in total. The van der Waals surface area contributed by atoms with E-state index in [1.807, 2.05) is 6.92 Å². The normalized spacial score (nSPS) is 21.4. The van der Waals surface area contributed by atoms with Crippen LogP contribution in [0.25, 0.3) is 0 Å². The Labute approximate surface area is 131 Å². The maximum atomic E-state index is 12.7. The van der Waals surface area contributed by atoms with Gasteiger partial charge in [0.1, 0.15) is 4.21 Å². The standard InChI is InChI=1S/C15H25NO3S2/c1-3-5-13-6-4-8-16(9-7-13)21(18,19)15-10-12(2)14(11-17)20-15/h10,13,17H,3-9,11H2,1-2H3. The summed E-state index contributed by atoms with van der Waals surface area (Å²) in [5.41, 5.74) is 0.861. The average molecular weight is 332 g/mol. The summed E-state index contributed by atoms with van der Waals surface area (Å²) < 4.78 is 27.5. The number of thiophene rings is 1. The largest absolute Gasteiger partial charge is 0.391 e. The molecule has 0 spiro atoms. The molecule has 1 aromatic rings. The molecular weight excluding hydrogens is 306 g/mol. The van der Waals surface area contributed by atoms with E-state index in [1.165, 1.54) is 24.2 Å². The first-order chi connectivity index (χ1) is 9.98. The van der Waals surface area contributed by atoms with E-state index in [0.717, 1.165) is 29.7 Å². The molecule has 1 unspecified atom stereocenters. The van der Waals surface area contributed by atoms with Crippen molar-refractivity contribution in [2.75, 3.05) is 13.1 Å². The number of nitrogens with zero attached hydrogens (tertiary/aromatic N) is 1. The number of rotatable bonds is 5. The highest BCUT2D eigenvalue weighted by Crippen LogP contribution is 2.31. The van der Waals surface area contributed by atoms with Gasteiger partial charge in [-0.1, -0.05) is 19.8 Å². The summed E-state index contributed by atoms with van der Waals surface area (Å²) in [6.07, 6.45) is 5.40. The van der Waals surface area contributed by atoms with Crippen LogP contribution < -0.4 is 0 Å². The van der Waals surface area contributed by atoms with Gasteiger partial charge in [0.2, 0.25) is 0 Å². The van der Waals surface area contributed by atoms with Crippen LogP contribution in [-0.2, 0) is 16.6 Å². The Kier molecular flexibility index (Phi) is 5.82. The third kappa shape index (κ3) is 3.86. The Morgan fingerprint density at radius 2 is 2.14 bits per heavy atom. The van der Waals surface area contributed by atoms with Crippen LogP contribution in [0.15, 0.2) is 10.3 Å². The second-order valence-corrected chi connectivity index (χ2v) is 9.12. The van der Waals surface area contributed by atoms with Gasteiger partial charge in [-0.3, -0.25) is 0 Å². The summed E-state index contributed by atoms with van der Waals surface area (Å²) in [5, 5.41) is 9.25. The van der Waals surface area contributed by atoms with Crippen LogP contribution in [0.4, 0.5) is 0 Å². The minimum Gasteiger partial charge on any atom is -0.391 e. The Balaban J connectivity index is 2.15. The molecule has 120 valence electrons. The van der Waals surface area contributed by atoms with Crippen LogP contribution in [0.2, 0.25) is 0 Å². The van der Waals surface area contributed by atoms with Crippen molar-refractivity contribution in [2.24, 2.45) is 5.92 Å². The Bertz CT molecular complexity index is 565. The molecule has 0 saturated carbocycles. The summed E-state index contributed by atoms with van der Waals surface area (Å²) >= 11 is 1.20. The van der Waals surface area contributed by atoms with Gasteiger partial charge in [-0.25, -0.2) is 8.42 Å². The van der Waals surface area contributed by atoms with E-state index in [-0.39, 0.29) is 6.61 Å². The van der Waals surface area contributed by atoms with Gasteiger partial charge in [0.05, 0.1) is 6.61 Å². The number of sulfonamides is 1. The second-order valence-electron chi connectivity index (χ2n) is 5.82. The fourth-order valence-corrected chi connectivity index (χ4v) is 6.07. The fourth-order valence-electron chi connectivity index (χ4n) is 2.98. The van der Waals surface area contributed by atoms with Crippen molar-refractivity contribution < 1.29 is 13.5 Å². The van der Waals surface area contributed by atoms with Crippen molar-refractivity contribution >= 4 is 21.4 Å². The maximum Gasteiger partial charge on any atom is 0.252 e. The molecule has 4 nitrogen and oxygen atoms in total. The SMILES string of the molecule is CCCC1CCCN(S(=O)(=O)c2cc(C)c(CO)s2)CC1. The molecule has 0 amide bonds. The molecule has 21 heavy (non-hydrogen) atoms. The molecule has 0 aromatic carbocycles. The number of hydrogen-bond donors (Lipinski definition) is 1. The van der Waals surface area contributed by atoms with Gasteiger partial charge >= 0.3 is 0 Å². The highest BCUT2D eigenvalue weighted by molar-refractivity contribution is 7.91. The third-order valence-corrected chi connectivity index (χ3v) is 7.81. The lowest BCUT2D eigenvalue weighted by Gasteiger charge is -2.19. The lowest BCUT2D eigenvalue weighted by molar-refractivity contribution is 0.285. The number of aliphatic hydroxyl groups excluding tert-OH is 1. The Morgan fingerprint density at radius 1 is 1.38 bits per heavy atom. The Hall–Kier alpha value is -0.430. The maximum absolute atomic E-state index is 12.7. The highest BCUT2D eigenvalue weighted by Gasteiger charge is 2.29. The van der Waals surface area contributed by atoms with E-state index in [0.29, 0.717) is 23.2 Å². The Morgan fingerprint density at radius 3 is 2.76 bits per heavy atom. The average Bonchev–Trinajstić information content (AvgIpc) is 2.68. The molecule has 0 radical (unpaired) electrons. The summed E-state index contributed by atoms with van der Waals surface area (Å²) in [6, 6.07) is 1.69. The number of aryl methyl sites for hydroxylation is 1. The van der Waals surface area contributed by atoms with Crippen molar-refractivity contribution in [3.63, 3.8) is 0 Å². The molecule has 6 heteroatoms. The zero-order valence-corrected chi connectivity index (χ0v) is 14.5. The van der Waals surface area contributed by atoms with Gasteiger partial charge in [0.25, 0.3) is 10.0 Å². The molecule has 1 atom stereocenters. The summed E-state index contributed by atoms with van der Waals surface area (Å²) in [5.74, 6) is 0.660. The van der Waals surface area contributed by atoms with Crippen LogP contribution in [0.5, 0.6) is 0 Å². The first-order valence-electron chi connectivity index (χ1n) is 7.69.